The standard InChI is InChI=1S/C26H34N2O6S/c1-19(2)18-28(24(26(31)32)6-4-5-17-27,35(33,34)23-14-7-20(3)8-15-23)25(30)16-11-21-9-12-22(29)13-10-21/h7-16,19,24H,4-6,17-18,27H2,1-3H3,(H-,29,30,31,32)/p+1/t24-,28?/m0/s1. The van der Waals surface area contributed by atoms with Crippen LogP contribution in [0.4, 0.5) is 0 Å². The Kier molecular flexibility index (Phi) is 9.76. The fourth-order valence-electron chi connectivity index (χ4n) is 4.07. The molecule has 0 aliphatic carbocycles. The molecule has 1 amide bonds. The van der Waals surface area contributed by atoms with E-state index in [1.165, 1.54) is 30.3 Å². The van der Waals surface area contributed by atoms with Crippen molar-refractivity contribution >= 4 is 28.0 Å². The van der Waals surface area contributed by atoms with Crippen molar-refractivity contribution in [2.45, 2.75) is 51.0 Å². The van der Waals surface area contributed by atoms with Crippen LogP contribution in [0.1, 0.15) is 44.2 Å². The van der Waals surface area contributed by atoms with Crippen molar-refractivity contribution in [1.29, 1.82) is 0 Å². The second-order valence-electron chi connectivity index (χ2n) is 9.06. The van der Waals surface area contributed by atoms with Crippen molar-refractivity contribution in [2.24, 2.45) is 11.7 Å². The predicted molar refractivity (Wildman–Crippen MR) is 135 cm³/mol. The van der Waals surface area contributed by atoms with Crippen LogP contribution in [0.2, 0.25) is 0 Å². The number of carboxylic acid groups (broad SMARTS) is 1. The highest BCUT2D eigenvalue weighted by Crippen LogP contribution is 2.34. The van der Waals surface area contributed by atoms with E-state index in [2.05, 4.69) is 0 Å². The SMILES string of the molecule is Cc1ccc(S(=O)(=O)[N+](CC(C)C)(C(=O)C=Cc2ccc(O)cc2)[C@@H](CCCCN)C(=O)O)cc1. The molecule has 0 bridgehead atoms. The maximum absolute atomic E-state index is 14.2. The first-order chi connectivity index (χ1) is 16.5. The molecule has 1 unspecified atom stereocenters. The van der Waals surface area contributed by atoms with Crippen LogP contribution in [0.15, 0.2) is 59.5 Å². The number of nitrogens with two attached hydrogens (primary N) is 1. The van der Waals surface area contributed by atoms with Crippen LogP contribution >= 0.6 is 0 Å². The number of nitrogens with zero attached hydrogens (tertiary/aromatic N) is 1. The van der Waals surface area contributed by atoms with E-state index in [0.29, 0.717) is 24.9 Å². The Balaban J connectivity index is 2.76. The van der Waals surface area contributed by atoms with Gasteiger partial charge in [-0.15, -0.1) is 3.89 Å². The van der Waals surface area contributed by atoms with E-state index in [9.17, 15) is 28.2 Å². The van der Waals surface area contributed by atoms with Crippen LogP contribution in [0.5, 0.6) is 5.75 Å². The van der Waals surface area contributed by atoms with Crippen LogP contribution in [0, 0.1) is 12.8 Å². The molecule has 190 valence electrons. The number of rotatable bonds is 12. The lowest BCUT2D eigenvalue weighted by Crippen LogP contribution is -2.65. The average molecular weight is 504 g/mol. The molecule has 2 rings (SSSR count). The molecule has 0 aromatic heterocycles. The summed E-state index contributed by atoms with van der Waals surface area (Å²) in [6, 6.07) is 10.6. The molecule has 8 nitrogen and oxygen atoms in total. The van der Waals surface area contributed by atoms with Crippen molar-refractivity contribution in [2.75, 3.05) is 13.1 Å². The minimum absolute atomic E-state index is 0.0247. The summed E-state index contributed by atoms with van der Waals surface area (Å²) in [6.07, 6.45) is 3.40. The highest BCUT2D eigenvalue weighted by molar-refractivity contribution is 7.86. The Hall–Kier alpha value is -3.01. The number of aryl methyl sites for hydroxylation is 1. The number of benzene rings is 2. The van der Waals surface area contributed by atoms with Gasteiger partial charge < -0.3 is 15.9 Å². The molecule has 0 saturated carbocycles. The van der Waals surface area contributed by atoms with Gasteiger partial charge in [0.25, 0.3) is 0 Å². The normalized spacial score (nSPS) is 14.7. The van der Waals surface area contributed by atoms with Gasteiger partial charge in [-0.3, -0.25) is 0 Å². The number of unbranched alkanes of at least 4 members (excludes halogenated alkanes) is 1. The number of hydrogen-bond donors (Lipinski definition) is 3. The number of phenols is 1. The van der Waals surface area contributed by atoms with Crippen LogP contribution < -0.4 is 5.73 Å². The van der Waals surface area contributed by atoms with Crippen LogP contribution in [0.3, 0.4) is 0 Å². The zero-order valence-electron chi connectivity index (χ0n) is 20.4. The zero-order valence-corrected chi connectivity index (χ0v) is 21.2. The molecule has 0 aliphatic heterocycles. The Bertz CT molecular complexity index is 1140. The van der Waals surface area contributed by atoms with Crippen LogP contribution in [-0.2, 0) is 19.6 Å². The van der Waals surface area contributed by atoms with E-state index in [1.807, 2.05) is 6.92 Å². The van der Waals surface area contributed by atoms with E-state index < -0.39 is 31.8 Å². The van der Waals surface area contributed by atoms with Gasteiger partial charge in [-0.05, 0) is 62.2 Å². The molecule has 4 N–H and O–H groups in total. The molecule has 0 aliphatic rings. The molecule has 2 atom stereocenters. The highest BCUT2D eigenvalue weighted by atomic mass is 32.2. The highest BCUT2D eigenvalue weighted by Gasteiger charge is 2.57. The van der Waals surface area contributed by atoms with Gasteiger partial charge in [0, 0.05) is 18.4 Å². The largest absolute Gasteiger partial charge is 0.508 e. The van der Waals surface area contributed by atoms with Crippen molar-refractivity contribution in [3.8, 4) is 5.75 Å². The van der Waals surface area contributed by atoms with Crippen LogP contribution in [-0.4, -0.2) is 53.5 Å². The van der Waals surface area contributed by atoms with E-state index in [4.69, 9.17) is 5.73 Å². The van der Waals surface area contributed by atoms with Gasteiger partial charge in [0.2, 0.25) is 6.04 Å². The Labute approximate surface area is 207 Å². The summed E-state index contributed by atoms with van der Waals surface area (Å²) >= 11 is 0. The number of sulfonamides is 1. The van der Waals surface area contributed by atoms with E-state index in [0.717, 1.165) is 11.6 Å². The molecule has 0 heterocycles. The summed E-state index contributed by atoms with van der Waals surface area (Å²) in [4.78, 5) is 26.3. The molecule has 2 aromatic rings. The summed E-state index contributed by atoms with van der Waals surface area (Å²) < 4.78 is 27.1. The van der Waals surface area contributed by atoms with Gasteiger partial charge in [-0.1, -0.05) is 43.7 Å². The van der Waals surface area contributed by atoms with Crippen molar-refractivity contribution in [1.82, 2.24) is 0 Å². The molecule has 35 heavy (non-hydrogen) atoms. The number of aromatic hydroxyl groups is 1. The molecule has 0 radical (unpaired) electrons. The summed E-state index contributed by atoms with van der Waals surface area (Å²) in [5, 5.41) is 19.7. The number of carboxylic acids is 1. The topological polar surface area (TPSA) is 135 Å². The number of carbonyl (C=O) groups excluding carboxylic acids is 1. The third-order valence-corrected chi connectivity index (χ3v) is 8.10. The van der Waals surface area contributed by atoms with Gasteiger partial charge in [-0.2, -0.15) is 8.42 Å². The smallest absolute Gasteiger partial charge is 0.364 e. The maximum Gasteiger partial charge on any atom is 0.364 e. The number of hydrogen-bond acceptors (Lipinski definition) is 6. The minimum Gasteiger partial charge on any atom is -0.508 e. The Morgan fingerprint density at radius 3 is 2.14 bits per heavy atom. The monoisotopic (exact) mass is 503 g/mol. The van der Waals surface area contributed by atoms with Crippen molar-refractivity contribution in [3.63, 3.8) is 0 Å². The van der Waals surface area contributed by atoms with E-state index in [-0.39, 0.29) is 29.5 Å². The maximum atomic E-state index is 14.2. The van der Waals surface area contributed by atoms with Gasteiger partial charge >= 0.3 is 21.9 Å². The van der Waals surface area contributed by atoms with Crippen molar-refractivity contribution < 1.29 is 32.1 Å². The Morgan fingerprint density at radius 1 is 1.03 bits per heavy atom. The third kappa shape index (κ3) is 6.56. The van der Waals surface area contributed by atoms with Crippen LogP contribution in [0.25, 0.3) is 6.08 Å². The number of phenolic OH excluding ortho intramolecular Hbond substituents is 1. The Morgan fingerprint density at radius 2 is 1.63 bits per heavy atom. The molecule has 0 spiro atoms. The van der Waals surface area contributed by atoms with Gasteiger partial charge in [0.1, 0.15) is 17.2 Å². The predicted octanol–water partition coefficient (Wildman–Crippen LogP) is 3.68. The number of carbonyl (C=O) groups is 2. The summed E-state index contributed by atoms with van der Waals surface area (Å²) in [5.74, 6) is -2.46. The summed E-state index contributed by atoms with van der Waals surface area (Å²) in [6.45, 7) is 5.44. The van der Waals surface area contributed by atoms with Gasteiger partial charge in [0.05, 0.1) is 0 Å². The second-order valence-corrected chi connectivity index (χ2v) is 11.1. The number of aliphatic carboxylic acids is 1. The lowest BCUT2D eigenvalue weighted by Gasteiger charge is -2.39. The quantitative estimate of drug-likeness (QED) is 0.228. The fraction of sp³-hybridized carbons (Fsp3) is 0.385. The fourth-order valence-corrected chi connectivity index (χ4v) is 6.25. The molecule has 9 heteroatoms. The van der Waals surface area contributed by atoms with E-state index in [1.54, 1.807) is 38.1 Å². The van der Waals surface area contributed by atoms with Gasteiger partial charge in [-0.25, -0.2) is 9.59 Å². The number of amides is 1. The zero-order chi connectivity index (χ0) is 26.2. The molecule has 0 fully saturated rings. The second kappa shape index (κ2) is 12.1. The number of quaternary nitrogens is 1. The summed E-state index contributed by atoms with van der Waals surface area (Å²) in [5.41, 5.74) is 6.98. The minimum atomic E-state index is -4.48. The lowest BCUT2D eigenvalue weighted by atomic mass is 10.1. The molecular weight excluding hydrogens is 468 g/mol. The van der Waals surface area contributed by atoms with Gasteiger partial charge in [0.15, 0.2) is 0 Å². The average Bonchev–Trinajstić information content (AvgIpc) is 2.80. The van der Waals surface area contributed by atoms with E-state index >= 15 is 0 Å². The molecular formula is C26H35N2O6S+. The first-order valence-corrected chi connectivity index (χ1v) is 13.0. The third-order valence-electron chi connectivity index (χ3n) is 5.79. The summed E-state index contributed by atoms with van der Waals surface area (Å²) in [7, 11) is -4.48. The first kappa shape index (κ1) is 28.2. The van der Waals surface area contributed by atoms with Crippen molar-refractivity contribution in [3.05, 3.63) is 65.7 Å². The first-order valence-electron chi connectivity index (χ1n) is 11.6. The molecule has 2 aromatic carbocycles. The lowest BCUT2D eigenvalue weighted by molar-refractivity contribution is -0.749. The molecule has 0 saturated heterocycles.